The fraction of sp³-hybridized carbons (Fsp3) is 0.182. The van der Waals surface area contributed by atoms with Gasteiger partial charge < -0.3 is 4.74 Å². The zero-order valence-electron chi connectivity index (χ0n) is 9.65. The lowest BCUT2D eigenvalue weighted by molar-refractivity contribution is 0.102. The Morgan fingerprint density at radius 1 is 1.50 bits per heavy atom. The Hall–Kier alpha value is -1.76. The lowest BCUT2D eigenvalue weighted by Gasteiger charge is -2.05. The Labute approximate surface area is 111 Å². The Balaban J connectivity index is 2.47. The summed E-state index contributed by atoms with van der Waals surface area (Å²) in [6.07, 6.45) is 0. The molecule has 0 amide bonds. The molecule has 0 atom stereocenters. The van der Waals surface area contributed by atoms with Crippen LogP contribution in [0, 0.1) is 5.82 Å². The lowest BCUT2D eigenvalue weighted by Crippen LogP contribution is -2.09. The molecule has 0 N–H and O–H groups in total. The number of ketones is 1. The number of halogens is 2. The van der Waals surface area contributed by atoms with Crippen LogP contribution >= 0.6 is 15.9 Å². The van der Waals surface area contributed by atoms with Crippen LogP contribution in [0.3, 0.4) is 0 Å². The third kappa shape index (κ3) is 2.13. The maximum atomic E-state index is 13.3. The summed E-state index contributed by atoms with van der Waals surface area (Å²) in [6, 6.07) is 3.92. The Morgan fingerprint density at radius 3 is 2.78 bits per heavy atom. The molecule has 0 fully saturated rings. The summed E-state index contributed by atoms with van der Waals surface area (Å²) in [5.41, 5.74) is 0.600. The van der Waals surface area contributed by atoms with Crippen LogP contribution in [0.5, 0.6) is 5.75 Å². The van der Waals surface area contributed by atoms with Crippen molar-refractivity contribution >= 4 is 21.7 Å². The Bertz CT molecular complexity index is 593. The number of ether oxygens (including phenoxy) is 1. The predicted molar refractivity (Wildman–Crippen MR) is 65.1 cm³/mol. The summed E-state index contributed by atoms with van der Waals surface area (Å²) in [5.74, 6) is -0.809. The van der Waals surface area contributed by atoms with Gasteiger partial charge in [0.25, 0.3) is 0 Å². The van der Waals surface area contributed by atoms with Gasteiger partial charge in [-0.25, -0.2) is 9.07 Å². The minimum Gasteiger partial charge on any atom is -0.494 e. The molecule has 0 bridgehead atoms. The normalized spacial score (nSPS) is 10.4. The SMILES string of the molecule is COc1cc(C(=O)c2c(Br)nnn2C)ccc1F. The molecule has 0 spiro atoms. The molecule has 2 rings (SSSR count). The fourth-order valence-corrected chi connectivity index (χ4v) is 2.02. The highest BCUT2D eigenvalue weighted by atomic mass is 79.9. The van der Waals surface area contributed by atoms with Crippen molar-refractivity contribution in [3.8, 4) is 5.75 Å². The highest BCUT2D eigenvalue weighted by molar-refractivity contribution is 9.10. The number of aromatic nitrogens is 3. The fourth-order valence-electron chi connectivity index (χ4n) is 1.51. The number of carbonyl (C=O) groups is 1. The minimum absolute atomic E-state index is 0.0205. The van der Waals surface area contributed by atoms with E-state index in [-0.39, 0.29) is 11.5 Å². The molecule has 94 valence electrons. The number of carbonyl (C=O) groups excluding carboxylic acids is 1. The molecule has 0 unspecified atom stereocenters. The summed E-state index contributed by atoms with van der Waals surface area (Å²) >= 11 is 3.14. The van der Waals surface area contributed by atoms with Gasteiger partial charge in [-0.15, -0.1) is 5.10 Å². The van der Waals surface area contributed by atoms with Crippen LogP contribution < -0.4 is 4.74 Å². The maximum Gasteiger partial charge on any atom is 0.214 e. The molecular weight excluding hydrogens is 305 g/mol. The number of benzene rings is 1. The van der Waals surface area contributed by atoms with Crippen molar-refractivity contribution in [3.05, 3.63) is 39.9 Å². The molecule has 1 aromatic heterocycles. The smallest absolute Gasteiger partial charge is 0.214 e. The largest absolute Gasteiger partial charge is 0.494 e. The van der Waals surface area contributed by atoms with Crippen molar-refractivity contribution in [2.45, 2.75) is 0 Å². The molecular formula is C11H9BrFN3O2. The van der Waals surface area contributed by atoms with Gasteiger partial charge in [0, 0.05) is 12.6 Å². The number of aryl methyl sites for hydroxylation is 1. The topological polar surface area (TPSA) is 57.0 Å². The quantitative estimate of drug-likeness (QED) is 0.813. The van der Waals surface area contributed by atoms with Gasteiger partial charge in [0.2, 0.25) is 5.78 Å². The Kier molecular flexibility index (Phi) is 3.42. The van der Waals surface area contributed by atoms with E-state index in [1.165, 1.54) is 30.0 Å². The highest BCUT2D eigenvalue weighted by Crippen LogP contribution is 2.22. The summed E-state index contributed by atoms with van der Waals surface area (Å²) in [6.45, 7) is 0. The first-order valence-electron chi connectivity index (χ1n) is 4.98. The van der Waals surface area contributed by atoms with Crippen LogP contribution in [0.1, 0.15) is 16.1 Å². The van der Waals surface area contributed by atoms with Crippen LogP contribution in [-0.2, 0) is 7.05 Å². The van der Waals surface area contributed by atoms with Crippen LogP contribution in [-0.4, -0.2) is 27.9 Å². The molecule has 7 heteroatoms. The van der Waals surface area contributed by atoms with E-state index < -0.39 is 5.82 Å². The summed E-state index contributed by atoms with van der Waals surface area (Å²) < 4.78 is 19.8. The van der Waals surface area contributed by atoms with Crippen molar-refractivity contribution in [1.82, 2.24) is 15.0 Å². The number of hydrogen-bond donors (Lipinski definition) is 0. The second kappa shape index (κ2) is 4.85. The van der Waals surface area contributed by atoms with Crippen LogP contribution in [0.2, 0.25) is 0 Å². The van der Waals surface area contributed by atoms with Gasteiger partial charge in [-0.2, -0.15) is 0 Å². The van der Waals surface area contributed by atoms with Gasteiger partial charge in [0.15, 0.2) is 16.2 Å². The van der Waals surface area contributed by atoms with E-state index in [1.807, 2.05) is 0 Å². The van der Waals surface area contributed by atoms with E-state index in [0.717, 1.165) is 0 Å². The third-order valence-electron chi connectivity index (χ3n) is 2.41. The van der Waals surface area contributed by atoms with Crippen molar-refractivity contribution in [2.24, 2.45) is 7.05 Å². The molecule has 2 aromatic rings. The number of methoxy groups -OCH3 is 1. The summed E-state index contributed by atoms with van der Waals surface area (Å²) in [4.78, 5) is 12.2. The molecule has 1 aromatic carbocycles. The first kappa shape index (κ1) is 12.7. The molecule has 0 aliphatic rings. The van der Waals surface area contributed by atoms with Gasteiger partial charge in [-0.05, 0) is 34.1 Å². The Morgan fingerprint density at radius 2 is 2.22 bits per heavy atom. The molecule has 0 radical (unpaired) electrons. The van der Waals surface area contributed by atoms with Crippen molar-refractivity contribution in [2.75, 3.05) is 7.11 Å². The molecule has 0 saturated heterocycles. The van der Waals surface area contributed by atoms with E-state index >= 15 is 0 Å². The lowest BCUT2D eigenvalue weighted by atomic mass is 10.1. The van der Waals surface area contributed by atoms with Gasteiger partial charge in [-0.3, -0.25) is 4.79 Å². The van der Waals surface area contributed by atoms with E-state index in [2.05, 4.69) is 26.2 Å². The molecule has 0 saturated carbocycles. The van der Waals surface area contributed by atoms with Gasteiger partial charge in [0.05, 0.1) is 7.11 Å². The monoisotopic (exact) mass is 313 g/mol. The maximum absolute atomic E-state index is 13.3. The van der Waals surface area contributed by atoms with E-state index in [9.17, 15) is 9.18 Å². The number of nitrogens with zero attached hydrogens (tertiary/aromatic N) is 3. The molecule has 18 heavy (non-hydrogen) atoms. The zero-order chi connectivity index (χ0) is 13.3. The third-order valence-corrected chi connectivity index (χ3v) is 2.95. The number of rotatable bonds is 3. The van der Waals surface area contributed by atoms with E-state index in [1.54, 1.807) is 7.05 Å². The second-order valence-electron chi connectivity index (χ2n) is 3.53. The predicted octanol–water partition coefficient (Wildman–Crippen LogP) is 1.96. The summed E-state index contributed by atoms with van der Waals surface area (Å²) in [5, 5.41) is 7.44. The van der Waals surface area contributed by atoms with Crippen molar-refractivity contribution < 1.29 is 13.9 Å². The summed E-state index contributed by atoms with van der Waals surface area (Å²) in [7, 11) is 2.94. The van der Waals surface area contributed by atoms with Gasteiger partial charge in [0.1, 0.15) is 5.69 Å². The molecule has 5 nitrogen and oxygen atoms in total. The van der Waals surface area contributed by atoms with Gasteiger partial charge >= 0.3 is 0 Å². The first-order valence-corrected chi connectivity index (χ1v) is 5.77. The molecule has 1 heterocycles. The van der Waals surface area contributed by atoms with E-state index in [4.69, 9.17) is 4.74 Å². The number of hydrogen-bond acceptors (Lipinski definition) is 4. The average Bonchev–Trinajstić information content (AvgIpc) is 2.69. The second-order valence-corrected chi connectivity index (χ2v) is 4.28. The van der Waals surface area contributed by atoms with Crippen LogP contribution in [0.25, 0.3) is 0 Å². The average molecular weight is 314 g/mol. The molecule has 0 aliphatic carbocycles. The van der Waals surface area contributed by atoms with Crippen LogP contribution in [0.15, 0.2) is 22.8 Å². The highest BCUT2D eigenvalue weighted by Gasteiger charge is 2.19. The first-order chi connectivity index (χ1) is 8.54. The van der Waals surface area contributed by atoms with Crippen molar-refractivity contribution in [3.63, 3.8) is 0 Å². The van der Waals surface area contributed by atoms with Crippen molar-refractivity contribution in [1.29, 1.82) is 0 Å². The van der Waals surface area contributed by atoms with E-state index in [0.29, 0.717) is 15.9 Å². The molecule has 0 aliphatic heterocycles. The minimum atomic E-state index is -0.517. The van der Waals surface area contributed by atoms with Gasteiger partial charge in [-0.1, -0.05) is 5.21 Å². The standard InChI is InChI=1S/C11H9BrFN3O2/c1-16-9(11(12)14-15-16)10(17)6-3-4-7(13)8(5-6)18-2/h3-5H,1-2H3. The van der Waals surface area contributed by atoms with Crippen LogP contribution in [0.4, 0.5) is 4.39 Å². The zero-order valence-corrected chi connectivity index (χ0v) is 11.2.